The van der Waals surface area contributed by atoms with Crippen LogP contribution < -0.4 is 4.90 Å². The number of nitrogens with zero attached hydrogens (tertiary/aromatic N) is 2. The second-order valence-corrected chi connectivity index (χ2v) is 6.65. The normalized spacial score (nSPS) is 15.3. The maximum atomic E-state index is 12.0. The highest BCUT2D eigenvalue weighted by atomic mass is 35.5. The molecule has 1 aromatic heterocycles. The first-order valence-electron chi connectivity index (χ1n) is 7.51. The summed E-state index contributed by atoms with van der Waals surface area (Å²) in [7, 11) is 0. The zero-order valence-electron chi connectivity index (χ0n) is 12.8. The van der Waals surface area contributed by atoms with Crippen molar-refractivity contribution < 1.29 is 4.79 Å². The topological polar surface area (TPSA) is 23.6 Å². The fourth-order valence-electron chi connectivity index (χ4n) is 2.75. The average molecular weight is 371 g/mol. The molecule has 2 aromatic rings. The Kier molecular flexibility index (Phi) is 6.90. The van der Waals surface area contributed by atoms with Gasteiger partial charge in [-0.2, -0.15) is 11.3 Å². The minimum Gasteiger partial charge on any atom is -0.368 e. The molecule has 1 saturated heterocycles. The van der Waals surface area contributed by atoms with Crippen molar-refractivity contribution in [3.8, 4) is 0 Å². The summed E-state index contributed by atoms with van der Waals surface area (Å²) < 4.78 is 0. The first-order valence-corrected chi connectivity index (χ1v) is 8.83. The van der Waals surface area contributed by atoms with Crippen molar-refractivity contribution in [3.63, 3.8) is 0 Å². The number of benzene rings is 1. The predicted octanol–water partition coefficient (Wildman–Crippen LogP) is 4.22. The summed E-state index contributed by atoms with van der Waals surface area (Å²) in [6.07, 6.45) is 0.600. The van der Waals surface area contributed by atoms with E-state index in [1.807, 2.05) is 35.0 Å². The van der Waals surface area contributed by atoms with Gasteiger partial charge in [0.15, 0.2) is 5.78 Å². The van der Waals surface area contributed by atoms with Crippen LogP contribution in [0, 0.1) is 0 Å². The molecule has 1 aliphatic heterocycles. The van der Waals surface area contributed by atoms with E-state index in [2.05, 4.69) is 15.9 Å². The maximum absolute atomic E-state index is 12.0. The minimum absolute atomic E-state index is 0. The molecule has 0 amide bonds. The van der Waals surface area contributed by atoms with E-state index in [1.165, 1.54) is 0 Å². The van der Waals surface area contributed by atoms with Crippen LogP contribution in [0.2, 0.25) is 5.02 Å². The Hall–Kier alpha value is -1.07. The largest absolute Gasteiger partial charge is 0.368 e. The van der Waals surface area contributed by atoms with Crippen molar-refractivity contribution in [2.75, 3.05) is 37.6 Å². The van der Waals surface area contributed by atoms with Gasteiger partial charge in [0.1, 0.15) is 0 Å². The van der Waals surface area contributed by atoms with E-state index in [9.17, 15) is 4.79 Å². The van der Waals surface area contributed by atoms with Crippen LogP contribution in [0.1, 0.15) is 16.8 Å². The Labute approximate surface area is 152 Å². The van der Waals surface area contributed by atoms with Crippen LogP contribution in [0.4, 0.5) is 5.69 Å². The molecule has 124 valence electrons. The van der Waals surface area contributed by atoms with Gasteiger partial charge in [0.2, 0.25) is 0 Å². The van der Waals surface area contributed by atoms with Crippen molar-refractivity contribution in [3.05, 3.63) is 51.7 Å². The van der Waals surface area contributed by atoms with Crippen molar-refractivity contribution >= 4 is 46.8 Å². The molecule has 1 aliphatic rings. The third kappa shape index (κ3) is 4.70. The van der Waals surface area contributed by atoms with Gasteiger partial charge in [-0.25, -0.2) is 0 Å². The van der Waals surface area contributed by atoms with Crippen molar-refractivity contribution in [2.24, 2.45) is 0 Å². The summed E-state index contributed by atoms with van der Waals surface area (Å²) in [4.78, 5) is 16.7. The predicted molar refractivity (Wildman–Crippen MR) is 101 cm³/mol. The summed E-state index contributed by atoms with van der Waals surface area (Å²) in [5.74, 6) is 0.245. The zero-order chi connectivity index (χ0) is 15.4. The molecule has 3 rings (SSSR count). The molecule has 6 heteroatoms. The van der Waals surface area contributed by atoms with Gasteiger partial charge in [-0.15, -0.1) is 12.4 Å². The van der Waals surface area contributed by atoms with Gasteiger partial charge in [-0.1, -0.05) is 23.7 Å². The van der Waals surface area contributed by atoms with Gasteiger partial charge < -0.3 is 4.90 Å². The summed E-state index contributed by atoms with van der Waals surface area (Å²) in [5.41, 5.74) is 1.96. The molecule has 0 bridgehead atoms. The Balaban J connectivity index is 0.00000192. The number of hydrogen-bond acceptors (Lipinski definition) is 4. The molecule has 0 atom stereocenters. The van der Waals surface area contributed by atoms with E-state index in [0.29, 0.717) is 6.42 Å². The van der Waals surface area contributed by atoms with Crippen LogP contribution in [0.25, 0.3) is 0 Å². The van der Waals surface area contributed by atoms with Crippen LogP contribution in [0.5, 0.6) is 0 Å². The highest BCUT2D eigenvalue weighted by Crippen LogP contribution is 2.26. The molecule has 1 fully saturated rings. The molecule has 0 unspecified atom stereocenters. The summed E-state index contributed by atoms with van der Waals surface area (Å²) in [5, 5.41) is 4.69. The van der Waals surface area contributed by atoms with Gasteiger partial charge in [0.25, 0.3) is 0 Å². The lowest BCUT2D eigenvalue weighted by molar-refractivity contribution is 0.0963. The summed E-state index contributed by atoms with van der Waals surface area (Å²) in [6.45, 7) is 4.70. The van der Waals surface area contributed by atoms with Gasteiger partial charge >= 0.3 is 0 Å². The molecule has 3 nitrogen and oxygen atoms in total. The third-order valence-corrected chi connectivity index (χ3v) is 5.07. The Bertz CT molecular complexity index is 625. The smallest absolute Gasteiger partial charge is 0.164 e. The number of anilines is 1. The molecule has 0 aliphatic carbocycles. The van der Waals surface area contributed by atoms with E-state index in [4.69, 9.17) is 11.6 Å². The quantitative estimate of drug-likeness (QED) is 0.736. The zero-order valence-corrected chi connectivity index (χ0v) is 15.2. The second-order valence-electron chi connectivity index (χ2n) is 5.47. The first-order chi connectivity index (χ1) is 10.7. The Morgan fingerprint density at radius 3 is 2.52 bits per heavy atom. The molecule has 2 heterocycles. The van der Waals surface area contributed by atoms with Crippen LogP contribution in [-0.2, 0) is 0 Å². The molecule has 1 aromatic carbocycles. The highest BCUT2D eigenvalue weighted by Gasteiger charge is 2.19. The number of Topliss-reactive ketones (excluding diaryl/α,β-unsaturated/α-hetero) is 1. The van der Waals surface area contributed by atoms with E-state index in [0.717, 1.165) is 49.0 Å². The lowest BCUT2D eigenvalue weighted by Gasteiger charge is -2.36. The maximum Gasteiger partial charge on any atom is 0.164 e. The lowest BCUT2D eigenvalue weighted by atomic mass is 10.1. The highest BCUT2D eigenvalue weighted by molar-refractivity contribution is 7.08. The van der Waals surface area contributed by atoms with Crippen LogP contribution >= 0.6 is 35.3 Å². The van der Waals surface area contributed by atoms with Crippen molar-refractivity contribution in [2.45, 2.75) is 6.42 Å². The van der Waals surface area contributed by atoms with Crippen LogP contribution in [-0.4, -0.2) is 43.4 Å². The molecular formula is C17H20Cl2N2OS. The fraction of sp³-hybridized carbons (Fsp3) is 0.353. The molecule has 23 heavy (non-hydrogen) atoms. The van der Waals surface area contributed by atoms with Gasteiger partial charge in [0.05, 0.1) is 10.7 Å². The first kappa shape index (κ1) is 18.3. The number of rotatable bonds is 5. The lowest BCUT2D eigenvalue weighted by Crippen LogP contribution is -2.47. The molecule has 0 saturated carbocycles. The molecule has 0 spiro atoms. The third-order valence-electron chi connectivity index (χ3n) is 4.06. The SMILES string of the molecule is Cl.O=C(CCN1CCN(c2ccccc2Cl)CC1)c1ccsc1. The monoisotopic (exact) mass is 370 g/mol. The minimum atomic E-state index is 0. The summed E-state index contributed by atoms with van der Waals surface area (Å²) in [6, 6.07) is 9.88. The number of carbonyl (C=O) groups is 1. The number of thiophene rings is 1. The van der Waals surface area contributed by atoms with Crippen LogP contribution in [0.3, 0.4) is 0 Å². The van der Waals surface area contributed by atoms with Gasteiger partial charge in [-0.05, 0) is 23.6 Å². The Morgan fingerprint density at radius 1 is 1.13 bits per heavy atom. The second kappa shape index (κ2) is 8.69. The van der Waals surface area contributed by atoms with Gasteiger partial charge in [0, 0.05) is 50.1 Å². The van der Waals surface area contributed by atoms with E-state index >= 15 is 0 Å². The Morgan fingerprint density at radius 2 is 1.87 bits per heavy atom. The molecule has 0 radical (unpaired) electrons. The molecule has 0 N–H and O–H groups in total. The number of halogens is 2. The number of para-hydroxylation sites is 1. The van der Waals surface area contributed by atoms with Crippen molar-refractivity contribution in [1.29, 1.82) is 0 Å². The number of carbonyl (C=O) groups excluding carboxylic acids is 1. The average Bonchev–Trinajstić information content (AvgIpc) is 3.08. The number of ketones is 1. The van der Waals surface area contributed by atoms with E-state index in [1.54, 1.807) is 11.3 Å². The van der Waals surface area contributed by atoms with Crippen molar-refractivity contribution in [1.82, 2.24) is 4.90 Å². The van der Waals surface area contributed by atoms with Crippen LogP contribution in [0.15, 0.2) is 41.1 Å². The van der Waals surface area contributed by atoms with E-state index in [-0.39, 0.29) is 18.2 Å². The number of hydrogen-bond donors (Lipinski definition) is 0. The van der Waals surface area contributed by atoms with Gasteiger partial charge in [-0.3, -0.25) is 9.69 Å². The number of piperazine rings is 1. The fourth-order valence-corrected chi connectivity index (χ4v) is 3.66. The molecular weight excluding hydrogens is 351 g/mol. The van der Waals surface area contributed by atoms with E-state index < -0.39 is 0 Å². The standard InChI is InChI=1S/C17H19ClN2OS.ClH/c18-15-3-1-2-4-16(15)20-10-8-19(9-11-20)7-5-17(21)14-6-12-22-13-14;/h1-4,6,12-13H,5,7-11H2;1H. The summed E-state index contributed by atoms with van der Waals surface area (Å²) >= 11 is 7.83.